The zero-order chi connectivity index (χ0) is 24.4. The number of ether oxygens (including phenoxy) is 1. The molecule has 0 bridgehead atoms. The van der Waals surface area contributed by atoms with Gasteiger partial charge in [0.1, 0.15) is 24.3 Å². The van der Waals surface area contributed by atoms with Crippen molar-refractivity contribution in [1.29, 1.82) is 0 Å². The molecule has 2 heterocycles. The van der Waals surface area contributed by atoms with Crippen molar-refractivity contribution in [3.63, 3.8) is 0 Å². The van der Waals surface area contributed by atoms with E-state index < -0.39 is 6.10 Å². The first kappa shape index (κ1) is 23.1. The van der Waals surface area contributed by atoms with Gasteiger partial charge in [0.15, 0.2) is 0 Å². The summed E-state index contributed by atoms with van der Waals surface area (Å²) in [6.45, 7) is 5.86. The fraction of sp³-hybridized carbons (Fsp3) is 0.310. The summed E-state index contributed by atoms with van der Waals surface area (Å²) in [5.41, 5.74) is 5.32. The zero-order valence-electron chi connectivity index (χ0n) is 20.2. The van der Waals surface area contributed by atoms with Crippen molar-refractivity contribution in [1.82, 2.24) is 14.5 Å². The first-order valence-corrected chi connectivity index (χ1v) is 12.1. The maximum atomic E-state index is 12.8. The highest BCUT2D eigenvalue weighted by Gasteiger charge is 2.34. The summed E-state index contributed by atoms with van der Waals surface area (Å²) < 4.78 is 7.95. The molecule has 6 heteroatoms. The molecule has 0 aliphatic carbocycles. The molecule has 3 aromatic carbocycles. The summed E-state index contributed by atoms with van der Waals surface area (Å²) in [6, 6.07) is 23.9. The minimum absolute atomic E-state index is 0.0218. The minimum Gasteiger partial charge on any atom is -0.491 e. The lowest BCUT2D eigenvalue weighted by molar-refractivity contribution is -0.128. The molecule has 0 saturated carbocycles. The Morgan fingerprint density at radius 2 is 1.80 bits per heavy atom. The second-order valence-corrected chi connectivity index (χ2v) is 9.44. The SMILES string of the molecule is Cc1ccc(OC[C@@H](O)Cn2c([C@H]3CC(=O)N(Cc4ccccc4)C3)nc3ccccc32)cc1C. The second kappa shape index (κ2) is 9.92. The van der Waals surface area contributed by atoms with Crippen LogP contribution in [0.1, 0.15) is 34.9 Å². The zero-order valence-corrected chi connectivity index (χ0v) is 20.2. The van der Waals surface area contributed by atoms with E-state index in [2.05, 4.69) is 11.5 Å². The maximum Gasteiger partial charge on any atom is 0.223 e. The number of nitrogens with zero attached hydrogens (tertiary/aromatic N) is 3. The van der Waals surface area contributed by atoms with Crippen LogP contribution in [-0.2, 0) is 17.9 Å². The number of likely N-dealkylation sites (tertiary alicyclic amines) is 1. The summed E-state index contributed by atoms with van der Waals surface area (Å²) in [6.07, 6.45) is -0.295. The first-order valence-electron chi connectivity index (χ1n) is 12.1. The van der Waals surface area contributed by atoms with Crippen molar-refractivity contribution < 1.29 is 14.6 Å². The summed E-state index contributed by atoms with van der Waals surface area (Å²) in [5.74, 6) is 1.71. The smallest absolute Gasteiger partial charge is 0.223 e. The summed E-state index contributed by atoms with van der Waals surface area (Å²) >= 11 is 0. The van der Waals surface area contributed by atoms with Gasteiger partial charge in [-0.2, -0.15) is 0 Å². The summed E-state index contributed by atoms with van der Waals surface area (Å²) in [7, 11) is 0. The molecule has 1 aliphatic rings. The Labute approximate surface area is 205 Å². The number of para-hydroxylation sites is 2. The molecule has 1 amide bonds. The van der Waals surface area contributed by atoms with Crippen molar-refractivity contribution >= 4 is 16.9 Å². The van der Waals surface area contributed by atoms with E-state index in [0.717, 1.165) is 33.7 Å². The second-order valence-electron chi connectivity index (χ2n) is 9.44. The van der Waals surface area contributed by atoms with Gasteiger partial charge in [-0.25, -0.2) is 4.98 Å². The van der Waals surface area contributed by atoms with Gasteiger partial charge in [-0.3, -0.25) is 4.79 Å². The van der Waals surface area contributed by atoms with Crippen LogP contribution >= 0.6 is 0 Å². The number of carbonyl (C=O) groups excluding carboxylic acids is 1. The first-order chi connectivity index (χ1) is 17.0. The van der Waals surface area contributed by atoms with Gasteiger partial charge in [-0.05, 0) is 54.8 Å². The Balaban J connectivity index is 1.33. The lowest BCUT2D eigenvalue weighted by atomic mass is 10.1. The van der Waals surface area contributed by atoms with E-state index in [9.17, 15) is 9.90 Å². The highest BCUT2D eigenvalue weighted by molar-refractivity contribution is 5.81. The van der Waals surface area contributed by atoms with Gasteiger partial charge in [0.2, 0.25) is 5.91 Å². The van der Waals surface area contributed by atoms with Crippen LogP contribution < -0.4 is 4.74 Å². The van der Waals surface area contributed by atoms with Crippen molar-refractivity contribution in [2.45, 2.75) is 45.4 Å². The Hall–Kier alpha value is -3.64. The van der Waals surface area contributed by atoms with Gasteiger partial charge < -0.3 is 19.3 Å². The molecular formula is C29H31N3O3. The molecule has 180 valence electrons. The molecule has 0 radical (unpaired) electrons. The van der Waals surface area contributed by atoms with Crippen molar-refractivity contribution in [2.75, 3.05) is 13.2 Å². The third-order valence-corrected chi connectivity index (χ3v) is 6.79. The quantitative estimate of drug-likeness (QED) is 0.409. The van der Waals surface area contributed by atoms with Crippen LogP contribution in [0.3, 0.4) is 0 Å². The molecule has 1 fully saturated rings. The fourth-order valence-corrected chi connectivity index (χ4v) is 4.76. The van der Waals surface area contributed by atoms with Gasteiger partial charge in [0.25, 0.3) is 0 Å². The monoisotopic (exact) mass is 469 g/mol. The Morgan fingerprint density at radius 1 is 1.03 bits per heavy atom. The van der Waals surface area contributed by atoms with Crippen LogP contribution in [-0.4, -0.2) is 44.7 Å². The number of rotatable bonds is 8. The fourth-order valence-electron chi connectivity index (χ4n) is 4.76. The molecule has 1 N–H and O–H groups in total. The topological polar surface area (TPSA) is 67.6 Å². The number of benzene rings is 3. The summed E-state index contributed by atoms with van der Waals surface area (Å²) in [4.78, 5) is 19.6. The number of aliphatic hydroxyl groups is 1. The number of aryl methyl sites for hydroxylation is 2. The maximum absolute atomic E-state index is 12.8. The highest BCUT2D eigenvalue weighted by atomic mass is 16.5. The van der Waals surface area contributed by atoms with Gasteiger partial charge in [0.05, 0.1) is 17.6 Å². The van der Waals surface area contributed by atoms with E-state index in [1.807, 2.05) is 84.6 Å². The van der Waals surface area contributed by atoms with E-state index in [4.69, 9.17) is 9.72 Å². The largest absolute Gasteiger partial charge is 0.491 e. The highest BCUT2D eigenvalue weighted by Crippen LogP contribution is 2.31. The molecule has 0 unspecified atom stereocenters. The van der Waals surface area contributed by atoms with E-state index in [1.54, 1.807) is 0 Å². The molecule has 1 aromatic heterocycles. The van der Waals surface area contributed by atoms with Gasteiger partial charge in [-0.1, -0.05) is 48.5 Å². The molecular weight excluding hydrogens is 438 g/mol. The Kier molecular flexibility index (Phi) is 6.55. The van der Waals surface area contributed by atoms with Crippen LogP contribution in [0.5, 0.6) is 5.75 Å². The van der Waals surface area contributed by atoms with Gasteiger partial charge in [0, 0.05) is 25.4 Å². The number of hydrogen-bond acceptors (Lipinski definition) is 4. The average Bonchev–Trinajstić information content (AvgIpc) is 3.40. The molecule has 5 rings (SSSR count). The lowest BCUT2D eigenvalue weighted by Crippen LogP contribution is -2.26. The third kappa shape index (κ3) is 5.08. The number of fused-ring (bicyclic) bond motifs is 1. The van der Waals surface area contributed by atoms with Crippen LogP contribution in [0, 0.1) is 13.8 Å². The Morgan fingerprint density at radius 3 is 2.60 bits per heavy atom. The van der Waals surface area contributed by atoms with Gasteiger partial charge in [-0.15, -0.1) is 0 Å². The van der Waals surface area contributed by atoms with Crippen LogP contribution in [0.15, 0.2) is 72.8 Å². The molecule has 2 atom stereocenters. The molecule has 35 heavy (non-hydrogen) atoms. The molecule has 4 aromatic rings. The predicted molar refractivity (Wildman–Crippen MR) is 136 cm³/mol. The van der Waals surface area contributed by atoms with E-state index in [0.29, 0.717) is 26.1 Å². The molecule has 1 aliphatic heterocycles. The van der Waals surface area contributed by atoms with E-state index in [1.165, 1.54) is 5.56 Å². The van der Waals surface area contributed by atoms with Crippen molar-refractivity contribution in [3.05, 3.63) is 95.3 Å². The third-order valence-electron chi connectivity index (χ3n) is 6.79. The molecule has 6 nitrogen and oxygen atoms in total. The average molecular weight is 470 g/mol. The van der Waals surface area contributed by atoms with Gasteiger partial charge >= 0.3 is 0 Å². The molecule has 1 saturated heterocycles. The number of imidazole rings is 1. The Bertz CT molecular complexity index is 1330. The van der Waals surface area contributed by atoms with Crippen LogP contribution in [0.2, 0.25) is 0 Å². The van der Waals surface area contributed by atoms with Crippen LogP contribution in [0.4, 0.5) is 0 Å². The molecule has 0 spiro atoms. The number of aliphatic hydroxyl groups excluding tert-OH is 1. The summed E-state index contributed by atoms with van der Waals surface area (Å²) in [5, 5.41) is 10.9. The minimum atomic E-state index is -0.717. The van der Waals surface area contributed by atoms with Crippen LogP contribution in [0.25, 0.3) is 11.0 Å². The number of hydrogen-bond donors (Lipinski definition) is 1. The predicted octanol–water partition coefficient (Wildman–Crippen LogP) is 4.61. The van der Waals surface area contributed by atoms with Crippen molar-refractivity contribution in [2.24, 2.45) is 0 Å². The van der Waals surface area contributed by atoms with E-state index >= 15 is 0 Å². The lowest BCUT2D eigenvalue weighted by Gasteiger charge is -2.19. The number of amides is 1. The normalized spacial score (nSPS) is 16.7. The van der Waals surface area contributed by atoms with E-state index in [-0.39, 0.29) is 18.4 Å². The number of carbonyl (C=O) groups is 1. The van der Waals surface area contributed by atoms with Crippen molar-refractivity contribution in [3.8, 4) is 5.75 Å². The number of aromatic nitrogens is 2. The standard InChI is InChI=1S/C29H31N3O3/c1-20-12-13-25(14-21(20)2)35-19-24(33)18-32-27-11-7-6-10-26(27)30-29(32)23-15-28(34)31(17-23)16-22-8-4-3-5-9-22/h3-14,23-24,33H,15-19H2,1-2H3/t23-,24-/m0/s1.